The second-order valence-corrected chi connectivity index (χ2v) is 8.85. The zero-order chi connectivity index (χ0) is 21.5. The van der Waals surface area contributed by atoms with E-state index in [9.17, 15) is 4.79 Å². The van der Waals surface area contributed by atoms with Gasteiger partial charge in [-0.05, 0) is 30.2 Å². The molecule has 0 saturated carbocycles. The van der Waals surface area contributed by atoms with Crippen LogP contribution >= 0.6 is 0 Å². The van der Waals surface area contributed by atoms with Crippen molar-refractivity contribution in [3.8, 4) is 0 Å². The van der Waals surface area contributed by atoms with Gasteiger partial charge in [-0.1, -0.05) is 54.6 Å². The summed E-state index contributed by atoms with van der Waals surface area (Å²) < 4.78 is 0. The Hall–Kier alpha value is -2.63. The molecule has 164 valence electrons. The molecule has 5 heteroatoms. The lowest BCUT2D eigenvalue weighted by Gasteiger charge is -2.36. The van der Waals surface area contributed by atoms with E-state index in [0.29, 0.717) is 12.5 Å². The van der Waals surface area contributed by atoms with E-state index >= 15 is 0 Å². The maximum atomic E-state index is 12.8. The van der Waals surface area contributed by atoms with Crippen LogP contribution in [0.5, 0.6) is 0 Å². The minimum absolute atomic E-state index is 0.332. The average molecular weight is 421 g/mol. The lowest BCUT2D eigenvalue weighted by molar-refractivity contribution is -0.899. The van der Waals surface area contributed by atoms with Crippen molar-refractivity contribution in [3.63, 3.8) is 0 Å². The van der Waals surface area contributed by atoms with Crippen molar-refractivity contribution in [2.75, 3.05) is 70.3 Å². The summed E-state index contributed by atoms with van der Waals surface area (Å²) in [5.41, 5.74) is 3.93. The number of hydrogen-bond donors (Lipinski definition) is 2. The minimum atomic E-state index is 0.332. The van der Waals surface area contributed by atoms with Crippen LogP contribution in [0.3, 0.4) is 0 Å². The first-order valence-electron chi connectivity index (χ1n) is 11.7. The Morgan fingerprint density at radius 3 is 2.23 bits per heavy atom. The van der Waals surface area contributed by atoms with E-state index in [4.69, 9.17) is 0 Å². The summed E-state index contributed by atoms with van der Waals surface area (Å²) in [6.45, 7) is 11.8. The molecule has 0 atom stereocenters. The van der Waals surface area contributed by atoms with Gasteiger partial charge in [0, 0.05) is 5.69 Å². The van der Waals surface area contributed by atoms with Crippen LogP contribution in [0.25, 0.3) is 6.08 Å². The molecular formula is C26H36N4O+2. The summed E-state index contributed by atoms with van der Waals surface area (Å²) in [5, 5.41) is 0. The van der Waals surface area contributed by atoms with Gasteiger partial charge in [0.05, 0.1) is 58.9 Å². The number of amides is 1. The molecule has 2 aliphatic rings. The summed E-state index contributed by atoms with van der Waals surface area (Å²) in [5.74, 6) is 0.332. The van der Waals surface area contributed by atoms with E-state index in [1.165, 1.54) is 21.7 Å². The quantitative estimate of drug-likeness (QED) is 0.697. The van der Waals surface area contributed by atoms with Gasteiger partial charge in [0.1, 0.15) is 0 Å². The van der Waals surface area contributed by atoms with Crippen LogP contribution in [-0.4, -0.2) is 76.3 Å². The van der Waals surface area contributed by atoms with Crippen molar-refractivity contribution in [3.05, 3.63) is 71.8 Å². The number of carbonyl (C=O) groups excluding carboxylic acids is 1. The fourth-order valence-electron chi connectivity index (χ4n) is 4.69. The van der Waals surface area contributed by atoms with Gasteiger partial charge in [0.25, 0.3) is 5.91 Å². The molecule has 0 unspecified atom stereocenters. The monoisotopic (exact) mass is 420 g/mol. The number of rotatable bonds is 6. The van der Waals surface area contributed by atoms with Crippen LogP contribution in [0.2, 0.25) is 0 Å². The molecule has 5 nitrogen and oxygen atoms in total. The van der Waals surface area contributed by atoms with E-state index in [0.717, 1.165) is 58.9 Å². The van der Waals surface area contributed by atoms with Gasteiger partial charge in [-0.3, -0.25) is 4.79 Å². The van der Waals surface area contributed by atoms with Gasteiger partial charge < -0.3 is 19.6 Å². The maximum absolute atomic E-state index is 12.8. The molecule has 0 spiro atoms. The van der Waals surface area contributed by atoms with Gasteiger partial charge in [-0.25, -0.2) is 0 Å². The molecule has 0 aliphatic carbocycles. The fraction of sp³-hybridized carbons (Fsp3) is 0.423. The fourth-order valence-corrected chi connectivity index (χ4v) is 4.69. The van der Waals surface area contributed by atoms with Crippen LogP contribution in [0.15, 0.2) is 60.7 Å². The number of aryl methyl sites for hydroxylation is 1. The highest BCUT2D eigenvalue weighted by molar-refractivity contribution is 5.77. The second-order valence-electron chi connectivity index (χ2n) is 8.85. The third kappa shape index (κ3) is 5.96. The van der Waals surface area contributed by atoms with Crippen molar-refractivity contribution in [2.45, 2.75) is 6.92 Å². The van der Waals surface area contributed by atoms with E-state index in [-0.39, 0.29) is 0 Å². The van der Waals surface area contributed by atoms with Gasteiger partial charge in [-0.2, -0.15) is 0 Å². The number of piperazine rings is 2. The molecular weight excluding hydrogens is 384 g/mol. The molecule has 0 radical (unpaired) electrons. The normalized spacial score (nSPS) is 18.6. The molecule has 2 saturated heterocycles. The highest BCUT2D eigenvalue weighted by Gasteiger charge is 2.28. The number of carbonyl (C=O) groups is 1. The third-order valence-corrected chi connectivity index (χ3v) is 6.67. The standard InChI is InChI=1S/C26H34N4O/c1-23-8-5-6-12-25(23)29-18-16-28(17-19-29)22-26(31)30-20-14-27(15-21-30)13-7-11-24-9-3-2-4-10-24/h2-12H,13-22H2,1H3/p+2/b11-7+. The summed E-state index contributed by atoms with van der Waals surface area (Å²) in [6, 6.07) is 19.1. The first-order chi connectivity index (χ1) is 15.2. The Morgan fingerprint density at radius 1 is 0.871 bits per heavy atom. The Labute approximate surface area is 186 Å². The predicted octanol–water partition coefficient (Wildman–Crippen LogP) is 0.140. The van der Waals surface area contributed by atoms with E-state index in [2.05, 4.69) is 77.4 Å². The summed E-state index contributed by atoms with van der Waals surface area (Å²) in [4.78, 5) is 20.4. The Morgan fingerprint density at radius 2 is 1.52 bits per heavy atom. The maximum Gasteiger partial charge on any atom is 0.278 e. The Bertz CT molecular complexity index is 866. The average Bonchev–Trinajstić information content (AvgIpc) is 2.81. The van der Waals surface area contributed by atoms with E-state index < -0.39 is 0 Å². The highest BCUT2D eigenvalue weighted by atomic mass is 16.2. The summed E-state index contributed by atoms with van der Waals surface area (Å²) >= 11 is 0. The van der Waals surface area contributed by atoms with E-state index in [1.54, 1.807) is 4.90 Å². The number of para-hydroxylation sites is 1. The van der Waals surface area contributed by atoms with Crippen molar-refractivity contribution in [2.24, 2.45) is 0 Å². The molecule has 2 aliphatic heterocycles. The number of anilines is 1. The lowest BCUT2D eigenvalue weighted by Crippen LogP contribution is -3.16. The summed E-state index contributed by atoms with van der Waals surface area (Å²) in [7, 11) is 0. The van der Waals surface area contributed by atoms with Crippen LogP contribution in [0.4, 0.5) is 5.69 Å². The van der Waals surface area contributed by atoms with Crippen molar-refractivity contribution in [1.82, 2.24) is 4.90 Å². The largest absolute Gasteiger partial charge is 0.360 e. The number of nitrogens with zero attached hydrogens (tertiary/aromatic N) is 2. The Kier molecular flexibility index (Phi) is 7.39. The van der Waals surface area contributed by atoms with Crippen molar-refractivity contribution in [1.29, 1.82) is 0 Å². The highest BCUT2D eigenvalue weighted by Crippen LogP contribution is 2.18. The van der Waals surface area contributed by atoms with Gasteiger partial charge in [0.15, 0.2) is 6.54 Å². The van der Waals surface area contributed by atoms with E-state index in [1.807, 2.05) is 6.07 Å². The van der Waals surface area contributed by atoms with Crippen LogP contribution in [-0.2, 0) is 4.79 Å². The first-order valence-corrected chi connectivity index (χ1v) is 11.7. The zero-order valence-corrected chi connectivity index (χ0v) is 18.7. The van der Waals surface area contributed by atoms with Crippen LogP contribution in [0, 0.1) is 6.92 Å². The molecule has 2 N–H and O–H groups in total. The zero-order valence-electron chi connectivity index (χ0n) is 18.7. The SMILES string of the molecule is Cc1ccccc1N1CC[NH+](CC(=O)N2CC[NH+](C/C=C/c3ccccc3)CC2)CC1. The summed E-state index contributed by atoms with van der Waals surface area (Å²) in [6.07, 6.45) is 4.46. The molecule has 2 heterocycles. The molecule has 0 aromatic heterocycles. The topological polar surface area (TPSA) is 32.4 Å². The molecule has 2 fully saturated rings. The molecule has 4 rings (SSSR count). The molecule has 2 aromatic rings. The van der Waals surface area contributed by atoms with Gasteiger partial charge >= 0.3 is 0 Å². The molecule has 31 heavy (non-hydrogen) atoms. The molecule has 1 amide bonds. The van der Waals surface area contributed by atoms with Crippen molar-refractivity contribution < 1.29 is 14.6 Å². The second kappa shape index (κ2) is 10.6. The molecule has 2 aromatic carbocycles. The third-order valence-electron chi connectivity index (χ3n) is 6.67. The number of hydrogen-bond acceptors (Lipinski definition) is 2. The number of quaternary nitrogens is 2. The Balaban J connectivity index is 1.17. The van der Waals surface area contributed by atoms with Crippen LogP contribution < -0.4 is 14.7 Å². The molecule has 0 bridgehead atoms. The van der Waals surface area contributed by atoms with Gasteiger partial charge in [-0.15, -0.1) is 0 Å². The smallest absolute Gasteiger partial charge is 0.278 e. The number of benzene rings is 2. The minimum Gasteiger partial charge on any atom is -0.360 e. The number of nitrogens with one attached hydrogen (secondary N) is 2. The van der Waals surface area contributed by atoms with Gasteiger partial charge in [0.2, 0.25) is 0 Å². The van der Waals surface area contributed by atoms with Crippen LogP contribution in [0.1, 0.15) is 11.1 Å². The lowest BCUT2D eigenvalue weighted by atomic mass is 10.1. The first kappa shape index (κ1) is 21.6. The van der Waals surface area contributed by atoms with Crippen molar-refractivity contribution >= 4 is 17.7 Å². The predicted molar refractivity (Wildman–Crippen MR) is 127 cm³/mol.